The fourth-order valence-electron chi connectivity index (χ4n) is 2.70. The van der Waals surface area contributed by atoms with Crippen molar-refractivity contribution in [3.63, 3.8) is 0 Å². The molecule has 2 rings (SSSR count). The predicted molar refractivity (Wildman–Crippen MR) is 95.0 cm³/mol. The third-order valence-electron chi connectivity index (χ3n) is 3.59. The van der Waals surface area contributed by atoms with Gasteiger partial charge in [-0.1, -0.05) is 25.4 Å². The molecule has 1 atom stereocenters. The summed E-state index contributed by atoms with van der Waals surface area (Å²) in [7, 11) is 0. The molecule has 2 aromatic rings. The molecule has 7 heteroatoms. The van der Waals surface area contributed by atoms with Gasteiger partial charge in [-0.3, -0.25) is 4.98 Å². The van der Waals surface area contributed by atoms with Crippen molar-refractivity contribution < 1.29 is 13.5 Å². The number of nitrogens with zero attached hydrogens (tertiary/aromatic N) is 2. The van der Waals surface area contributed by atoms with Gasteiger partial charge in [-0.25, -0.2) is 13.8 Å². The van der Waals surface area contributed by atoms with Crippen LogP contribution < -0.4 is 10.5 Å². The highest BCUT2D eigenvalue weighted by atomic mass is 35.5. The van der Waals surface area contributed by atoms with Gasteiger partial charge in [-0.05, 0) is 37.5 Å². The van der Waals surface area contributed by atoms with Crippen LogP contribution in [0.5, 0.6) is 5.75 Å². The first-order chi connectivity index (χ1) is 11.7. The Kier molecular flexibility index (Phi) is 6.30. The van der Waals surface area contributed by atoms with Crippen LogP contribution in [0.1, 0.15) is 39.2 Å². The number of nitrogens with two attached hydrogens (primary N) is 1. The third-order valence-corrected chi connectivity index (χ3v) is 3.79. The predicted octanol–water partition coefficient (Wildman–Crippen LogP) is 4.88. The Morgan fingerprint density at radius 2 is 2.00 bits per heavy atom. The van der Waals surface area contributed by atoms with E-state index in [0.29, 0.717) is 17.2 Å². The number of ether oxygens (including phenoxy) is 1. The summed E-state index contributed by atoms with van der Waals surface area (Å²) in [6.45, 7) is 6.07. The lowest BCUT2D eigenvalue weighted by molar-refractivity contribution is 0.139. The quantitative estimate of drug-likeness (QED) is 0.707. The molecule has 0 saturated carbocycles. The van der Waals surface area contributed by atoms with E-state index in [4.69, 9.17) is 22.1 Å². The summed E-state index contributed by atoms with van der Waals surface area (Å²) >= 11 is 5.84. The summed E-state index contributed by atoms with van der Waals surface area (Å²) in [5.41, 5.74) is 6.33. The van der Waals surface area contributed by atoms with Crippen LogP contribution in [0.3, 0.4) is 0 Å². The van der Waals surface area contributed by atoms with Crippen molar-refractivity contribution in [3.8, 4) is 17.0 Å². The molecule has 0 spiro atoms. The molecule has 0 aromatic carbocycles. The largest absolute Gasteiger partial charge is 0.490 e. The summed E-state index contributed by atoms with van der Waals surface area (Å²) < 4.78 is 32.5. The van der Waals surface area contributed by atoms with Crippen LogP contribution in [0, 0.1) is 5.92 Å². The maximum absolute atomic E-state index is 13.5. The number of aromatic nitrogens is 2. The molecule has 25 heavy (non-hydrogen) atoms. The Labute approximate surface area is 151 Å². The summed E-state index contributed by atoms with van der Waals surface area (Å²) in [6.07, 6.45) is 0.829. The van der Waals surface area contributed by atoms with Crippen LogP contribution in [0.25, 0.3) is 11.3 Å². The van der Waals surface area contributed by atoms with Crippen LogP contribution in [-0.2, 0) is 0 Å². The molecule has 0 aliphatic rings. The van der Waals surface area contributed by atoms with Crippen molar-refractivity contribution in [2.75, 3.05) is 6.61 Å². The number of pyridine rings is 2. The lowest BCUT2D eigenvalue weighted by atomic mass is 9.93. The van der Waals surface area contributed by atoms with Crippen molar-refractivity contribution in [2.45, 2.75) is 39.2 Å². The van der Waals surface area contributed by atoms with Gasteiger partial charge in [0.25, 0.3) is 6.43 Å². The zero-order valence-electron chi connectivity index (χ0n) is 14.5. The SMILES string of the molecule is CC(C)C[C@@](C)(N)COc1cnc(-c2ccnc(Cl)c2)cc1C(F)F. The van der Waals surface area contributed by atoms with Gasteiger partial charge in [-0.2, -0.15) is 0 Å². The smallest absolute Gasteiger partial charge is 0.267 e. The normalized spacial score (nSPS) is 14.0. The first-order valence-electron chi connectivity index (χ1n) is 7.99. The minimum absolute atomic E-state index is 0.0411. The fraction of sp³-hybridized carbons (Fsp3) is 0.444. The topological polar surface area (TPSA) is 61.0 Å². The highest BCUT2D eigenvalue weighted by Gasteiger charge is 2.23. The number of hydrogen-bond donors (Lipinski definition) is 1. The Morgan fingerprint density at radius 3 is 2.60 bits per heavy atom. The molecule has 0 bridgehead atoms. The Morgan fingerprint density at radius 1 is 1.28 bits per heavy atom. The van der Waals surface area contributed by atoms with E-state index in [2.05, 4.69) is 9.97 Å². The average molecular weight is 370 g/mol. The van der Waals surface area contributed by atoms with Crippen molar-refractivity contribution >= 4 is 11.6 Å². The Balaban J connectivity index is 2.25. The fourth-order valence-corrected chi connectivity index (χ4v) is 2.88. The van der Waals surface area contributed by atoms with Gasteiger partial charge in [-0.15, -0.1) is 0 Å². The minimum Gasteiger partial charge on any atom is -0.490 e. The molecule has 0 saturated heterocycles. The van der Waals surface area contributed by atoms with E-state index in [9.17, 15) is 8.78 Å². The summed E-state index contributed by atoms with van der Waals surface area (Å²) in [6, 6.07) is 4.53. The monoisotopic (exact) mass is 369 g/mol. The van der Waals surface area contributed by atoms with Gasteiger partial charge in [0.05, 0.1) is 17.5 Å². The number of alkyl halides is 2. The van der Waals surface area contributed by atoms with Crippen LogP contribution >= 0.6 is 11.6 Å². The van der Waals surface area contributed by atoms with E-state index in [0.717, 1.165) is 6.42 Å². The number of halogens is 3. The van der Waals surface area contributed by atoms with E-state index in [1.54, 1.807) is 12.1 Å². The average Bonchev–Trinajstić information content (AvgIpc) is 2.51. The highest BCUT2D eigenvalue weighted by molar-refractivity contribution is 6.29. The lowest BCUT2D eigenvalue weighted by Crippen LogP contribution is -2.43. The summed E-state index contributed by atoms with van der Waals surface area (Å²) in [4.78, 5) is 8.08. The molecular formula is C18H22ClF2N3O. The van der Waals surface area contributed by atoms with Crippen molar-refractivity contribution in [1.82, 2.24) is 9.97 Å². The molecule has 0 fully saturated rings. The van der Waals surface area contributed by atoms with Crippen LogP contribution in [0.2, 0.25) is 5.15 Å². The van der Waals surface area contributed by atoms with E-state index >= 15 is 0 Å². The number of hydrogen-bond acceptors (Lipinski definition) is 4. The summed E-state index contributed by atoms with van der Waals surface area (Å²) in [5, 5.41) is 0.269. The molecular weight excluding hydrogens is 348 g/mol. The van der Waals surface area contributed by atoms with Gasteiger partial charge in [0.2, 0.25) is 0 Å². The van der Waals surface area contributed by atoms with Crippen molar-refractivity contribution in [3.05, 3.63) is 41.3 Å². The lowest BCUT2D eigenvalue weighted by Gasteiger charge is -2.27. The van der Waals surface area contributed by atoms with Crippen molar-refractivity contribution in [1.29, 1.82) is 0 Å². The third kappa shape index (κ3) is 5.61. The second-order valence-corrected chi connectivity index (χ2v) is 7.20. The maximum Gasteiger partial charge on any atom is 0.267 e. The van der Waals surface area contributed by atoms with E-state index in [1.807, 2.05) is 20.8 Å². The Bertz CT molecular complexity index is 723. The van der Waals surface area contributed by atoms with E-state index in [1.165, 1.54) is 18.5 Å². The number of rotatable bonds is 7. The van der Waals surface area contributed by atoms with Gasteiger partial charge >= 0.3 is 0 Å². The van der Waals surface area contributed by atoms with E-state index < -0.39 is 12.0 Å². The standard InChI is InChI=1S/C18H22ClF2N3O/c1-11(2)8-18(3,22)10-25-15-9-24-14(7-13(15)17(20)21)12-4-5-23-16(19)6-12/h4-7,9,11,17H,8,10,22H2,1-3H3/t18-/m1/s1. The maximum atomic E-state index is 13.5. The second kappa shape index (κ2) is 8.06. The van der Waals surface area contributed by atoms with Crippen LogP contribution in [0.15, 0.2) is 30.6 Å². The molecule has 0 aliphatic carbocycles. The molecule has 0 radical (unpaired) electrons. The van der Waals surface area contributed by atoms with E-state index in [-0.39, 0.29) is 23.1 Å². The molecule has 0 unspecified atom stereocenters. The van der Waals surface area contributed by atoms with Crippen LogP contribution in [0.4, 0.5) is 8.78 Å². The minimum atomic E-state index is -2.69. The van der Waals surface area contributed by atoms with Crippen LogP contribution in [-0.4, -0.2) is 22.1 Å². The molecule has 4 nitrogen and oxygen atoms in total. The van der Waals surface area contributed by atoms with Gasteiger partial charge in [0.1, 0.15) is 17.5 Å². The zero-order valence-corrected chi connectivity index (χ0v) is 15.2. The molecule has 136 valence electrons. The zero-order chi connectivity index (χ0) is 18.6. The van der Waals surface area contributed by atoms with Crippen molar-refractivity contribution in [2.24, 2.45) is 11.7 Å². The second-order valence-electron chi connectivity index (χ2n) is 6.82. The van der Waals surface area contributed by atoms with Gasteiger partial charge < -0.3 is 10.5 Å². The first kappa shape index (κ1) is 19.5. The molecule has 0 aliphatic heterocycles. The molecule has 0 amide bonds. The molecule has 2 N–H and O–H groups in total. The molecule has 2 heterocycles. The summed E-state index contributed by atoms with van der Waals surface area (Å²) in [5.74, 6) is 0.421. The first-order valence-corrected chi connectivity index (χ1v) is 8.37. The van der Waals surface area contributed by atoms with Gasteiger partial charge in [0.15, 0.2) is 0 Å². The Hall–Kier alpha value is -1.79. The van der Waals surface area contributed by atoms with Gasteiger partial charge in [0, 0.05) is 17.3 Å². The molecule has 2 aromatic heterocycles. The highest BCUT2D eigenvalue weighted by Crippen LogP contribution is 2.32.